The molecule has 0 saturated carbocycles. The number of aromatic nitrogens is 5. The van der Waals surface area contributed by atoms with Gasteiger partial charge in [0.2, 0.25) is 5.95 Å². The molecule has 0 fully saturated rings. The molecule has 0 aliphatic carbocycles. The van der Waals surface area contributed by atoms with Gasteiger partial charge in [0.05, 0.1) is 22.5 Å². The minimum absolute atomic E-state index is 0.0535. The van der Waals surface area contributed by atoms with Crippen LogP contribution >= 0.6 is 0 Å². The maximum atomic E-state index is 10.9. The third kappa shape index (κ3) is 3.95. The molecule has 0 saturated heterocycles. The van der Waals surface area contributed by atoms with Crippen molar-refractivity contribution in [1.82, 2.24) is 24.9 Å². The number of aliphatic imine (C=N–C) groups is 1. The fraction of sp³-hybridized carbons (Fsp3) is 0.158. The van der Waals surface area contributed by atoms with Crippen molar-refractivity contribution in [2.45, 2.75) is 12.0 Å². The lowest BCUT2D eigenvalue weighted by Crippen LogP contribution is -2.24. The second-order valence-corrected chi connectivity index (χ2v) is 6.25. The summed E-state index contributed by atoms with van der Waals surface area (Å²) in [6, 6.07) is 4.84. The van der Waals surface area contributed by atoms with Gasteiger partial charge in [0.15, 0.2) is 0 Å². The van der Waals surface area contributed by atoms with Crippen LogP contribution in [0.15, 0.2) is 66.3 Å². The first-order valence-corrected chi connectivity index (χ1v) is 8.84. The predicted molar refractivity (Wildman–Crippen MR) is 106 cm³/mol. The van der Waals surface area contributed by atoms with Crippen molar-refractivity contribution in [3.05, 3.63) is 77.1 Å². The van der Waals surface area contributed by atoms with Crippen molar-refractivity contribution < 1.29 is 4.92 Å². The first-order chi connectivity index (χ1) is 14.2. The maximum Gasteiger partial charge on any atom is 0.287 e. The molecule has 1 unspecified atom stereocenters. The molecule has 1 N–H and O–H groups in total. The van der Waals surface area contributed by atoms with E-state index in [9.17, 15) is 10.1 Å². The molecule has 0 amide bonds. The number of allylic oxidation sites excluding steroid dienone is 1. The minimum atomic E-state index is -0.676. The first-order valence-electron chi connectivity index (χ1n) is 8.84. The molecule has 10 heteroatoms. The third-order valence-corrected chi connectivity index (χ3v) is 4.44. The van der Waals surface area contributed by atoms with Gasteiger partial charge in [0, 0.05) is 37.4 Å². The van der Waals surface area contributed by atoms with E-state index in [0.29, 0.717) is 36.0 Å². The number of nitro groups is 1. The quantitative estimate of drug-likeness (QED) is 0.482. The zero-order chi connectivity index (χ0) is 20.1. The Bertz CT molecular complexity index is 1060. The number of hydrogen-bond donors (Lipinski definition) is 1. The van der Waals surface area contributed by atoms with Crippen molar-refractivity contribution in [2.24, 2.45) is 4.99 Å². The van der Waals surface area contributed by atoms with Crippen LogP contribution in [0, 0.1) is 10.1 Å². The predicted octanol–water partition coefficient (Wildman–Crippen LogP) is 2.57. The molecule has 10 nitrogen and oxygen atoms in total. The molecule has 4 heterocycles. The van der Waals surface area contributed by atoms with Gasteiger partial charge in [0.25, 0.3) is 5.69 Å². The lowest BCUT2D eigenvalue weighted by Gasteiger charge is -2.23. The normalized spacial score (nSPS) is 17.4. The summed E-state index contributed by atoms with van der Waals surface area (Å²) in [6.07, 6.45) is 13.8. The van der Waals surface area contributed by atoms with Gasteiger partial charge in [-0.2, -0.15) is 0 Å². The van der Waals surface area contributed by atoms with Crippen molar-refractivity contribution in [1.29, 1.82) is 0 Å². The fourth-order valence-corrected chi connectivity index (χ4v) is 2.98. The van der Waals surface area contributed by atoms with Crippen LogP contribution in [0.3, 0.4) is 0 Å². The van der Waals surface area contributed by atoms with Gasteiger partial charge < -0.3 is 5.32 Å². The summed E-state index contributed by atoms with van der Waals surface area (Å²) >= 11 is 0. The third-order valence-electron chi connectivity index (χ3n) is 4.44. The Kier molecular flexibility index (Phi) is 4.97. The largest absolute Gasteiger partial charge is 0.354 e. The van der Waals surface area contributed by atoms with Crippen LogP contribution in [0.2, 0.25) is 0 Å². The van der Waals surface area contributed by atoms with Gasteiger partial charge in [-0.15, -0.1) is 0 Å². The number of pyridine rings is 1. The van der Waals surface area contributed by atoms with Crippen LogP contribution in [0.4, 0.5) is 11.6 Å². The molecule has 0 bridgehead atoms. The van der Waals surface area contributed by atoms with Crippen molar-refractivity contribution in [3.63, 3.8) is 0 Å². The van der Waals surface area contributed by atoms with Crippen LogP contribution in [-0.4, -0.2) is 42.6 Å². The van der Waals surface area contributed by atoms with Crippen LogP contribution in [0.5, 0.6) is 0 Å². The average molecular weight is 388 g/mol. The standard InChI is InChI=1S/C19H16N8O2/c28-27(29)14-2-3-17(24-12-14)19(5-1-7-25-19)6-9-23-18-22-8-4-15(26-18)16-13-20-10-11-21-16/h1-5,7-8,10-13H,6,9H2,(H,22,23,26). The zero-order valence-corrected chi connectivity index (χ0v) is 15.2. The highest BCUT2D eigenvalue weighted by Gasteiger charge is 2.31. The summed E-state index contributed by atoms with van der Waals surface area (Å²) in [5.41, 5.74) is 1.24. The molecule has 1 aliphatic rings. The molecular formula is C19H16N8O2. The zero-order valence-electron chi connectivity index (χ0n) is 15.2. The van der Waals surface area contributed by atoms with Crippen LogP contribution in [0.1, 0.15) is 12.1 Å². The van der Waals surface area contributed by atoms with Gasteiger partial charge >= 0.3 is 0 Å². The Morgan fingerprint density at radius 1 is 1.03 bits per heavy atom. The van der Waals surface area contributed by atoms with Gasteiger partial charge in [-0.1, -0.05) is 0 Å². The monoisotopic (exact) mass is 388 g/mol. The molecule has 29 heavy (non-hydrogen) atoms. The molecule has 144 valence electrons. The van der Waals surface area contributed by atoms with E-state index in [1.54, 1.807) is 43.1 Å². The summed E-state index contributed by atoms with van der Waals surface area (Å²) in [6.45, 7) is 0.518. The summed E-state index contributed by atoms with van der Waals surface area (Å²) < 4.78 is 0. The Balaban J connectivity index is 1.47. The Labute approximate surface area is 165 Å². The summed E-state index contributed by atoms with van der Waals surface area (Å²) in [5.74, 6) is 0.464. The molecule has 0 spiro atoms. The smallest absolute Gasteiger partial charge is 0.287 e. The number of rotatable bonds is 7. The number of anilines is 1. The van der Waals surface area contributed by atoms with Crippen LogP contribution in [0.25, 0.3) is 11.4 Å². The first kappa shape index (κ1) is 18.3. The Morgan fingerprint density at radius 3 is 2.66 bits per heavy atom. The Hall–Kier alpha value is -4.08. The Morgan fingerprint density at radius 2 is 1.97 bits per heavy atom. The van der Waals surface area contributed by atoms with Gasteiger partial charge in [-0.05, 0) is 30.7 Å². The van der Waals surface area contributed by atoms with Gasteiger partial charge in [-0.3, -0.25) is 30.1 Å². The molecule has 4 rings (SSSR count). The summed E-state index contributed by atoms with van der Waals surface area (Å²) in [7, 11) is 0. The van der Waals surface area contributed by atoms with E-state index in [0.717, 1.165) is 0 Å². The van der Waals surface area contributed by atoms with Gasteiger partial charge in [0.1, 0.15) is 17.4 Å². The highest BCUT2D eigenvalue weighted by atomic mass is 16.6. The van der Waals surface area contributed by atoms with Crippen molar-refractivity contribution >= 4 is 17.9 Å². The fourth-order valence-electron chi connectivity index (χ4n) is 2.98. The van der Waals surface area contributed by atoms with E-state index >= 15 is 0 Å². The number of nitrogens with one attached hydrogen (secondary N) is 1. The van der Waals surface area contributed by atoms with E-state index < -0.39 is 10.5 Å². The molecule has 0 radical (unpaired) electrons. The van der Waals surface area contributed by atoms with E-state index in [1.165, 1.54) is 12.3 Å². The van der Waals surface area contributed by atoms with E-state index in [4.69, 9.17) is 0 Å². The number of nitrogens with zero attached hydrogens (tertiary/aromatic N) is 7. The molecule has 3 aromatic heterocycles. The second kappa shape index (κ2) is 7.89. The molecule has 0 aromatic carbocycles. The molecule has 1 aliphatic heterocycles. The average Bonchev–Trinajstić information content (AvgIpc) is 3.25. The summed E-state index contributed by atoms with van der Waals surface area (Å²) in [4.78, 5) is 36.2. The van der Waals surface area contributed by atoms with E-state index in [1.807, 2.05) is 12.2 Å². The lowest BCUT2D eigenvalue weighted by molar-refractivity contribution is -0.385. The highest BCUT2D eigenvalue weighted by molar-refractivity contribution is 5.75. The minimum Gasteiger partial charge on any atom is -0.354 e. The van der Waals surface area contributed by atoms with E-state index in [-0.39, 0.29) is 5.69 Å². The molecule has 3 aromatic rings. The van der Waals surface area contributed by atoms with E-state index in [2.05, 4.69) is 35.2 Å². The highest BCUT2D eigenvalue weighted by Crippen LogP contribution is 2.33. The molecular weight excluding hydrogens is 372 g/mol. The van der Waals surface area contributed by atoms with Crippen LogP contribution in [-0.2, 0) is 5.54 Å². The topological polar surface area (TPSA) is 132 Å². The van der Waals surface area contributed by atoms with Crippen molar-refractivity contribution in [2.75, 3.05) is 11.9 Å². The van der Waals surface area contributed by atoms with Gasteiger partial charge in [-0.25, -0.2) is 9.97 Å². The summed E-state index contributed by atoms with van der Waals surface area (Å²) in [5, 5.41) is 14.1. The lowest BCUT2D eigenvalue weighted by atomic mass is 9.92. The van der Waals surface area contributed by atoms with Crippen LogP contribution < -0.4 is 5.32 Å². The maximum absolute atomic E-state index is 10.9. The second-order valence-electron chi connectivity index (χ2n) is 6.25. The SMILES string of the molecule is O=[N+]([O-])c1ccc(C2(CCNc3nccc(-c4cnccn4)n3)C=CC=N2)nc1. The van der Waals surface area contributed by atoms with Crippen molar-refractivity contribution in [3.8, 4) is 11.4 Å². The number of hydrogen-bond acceptors (Lipinski definition) is 9. The molecule has 1 atom stereocenters.